The summed E-state index contributed by atoms with van der Waals surface area (Å²) in [5.74, 6) is 0.833. The van der Waals surface area contributed by atoms with Crippen LogP contribution in [0.1, 0.15) is 0 Å². The summed E-state index contributed by atoms with van der Waals surface area (Å²) < 4.78 is 10.2. The van der Waals surface area contributed by atoms with E-state index in [-0.39, 0.29) is 0 Å². The minimum atomic E-state index is 0.577. The summed E-state index contributed by atoms with van der Waals surface area (Å²) in [4.78, 5) is 0.907. The zero-order valence-corrected chi connectivity index (χ0v) is 7.88. The highest BCUT2D eigenvalue weighted by Gasteiger charge is 1.92. The van der Waals surface area contributed by atoms with Gasteiger partial charge in [-0.15, -0.1) is 12.6 Å². The van der Waals surface area contributed by atoms with E-state index in [1.165, 1.54) is 0 Å². The zero-order chi connectivity index (χ0) is 8.81. The van der Waals surface area contributed by atoms with Gasteiger partial charge in [0.05, 0.1) is 6.61 Å². The van der Waals surface area contributed by atoms with Gasteiger partial charge in [-0.3, -0.25) is 0 Å². The third-order valence-corrected chi connectivity index (χ3v) is 1.65. The van der Waals surface area contributed by atoms with Gasteiger partial charge in [-0.25, -0.2) is 0 Å². The lowest BCUT2D eigenvalue weighted by molar-refractivity contribution is 0.146. The Morgan fingerprint density at radius 2 is 2.17 bits per heavy atom. The molecule has 2 nitrogen and oxygen atoms in total. The number of hydrogen-bond acceptors (Lipinski definition) is 3. The number of thiol groups is 1. The van der Waals surface area contributed by atoms with Crippen LogP contribution in [0.25, 0.3) is 0 Å². The second-order valence-electron chi connectivity index (χ2n) is 2.34. The van der Waals surface area contributed by atoms with Gasteiger partial charge in [0.25, 0.3) is 0 Å². The van der Waals surface area contributed by atoms with Gasteiger partial charge >= 0.3 is 0 Å². The Morgan fingerprint density at radius 1 is 1.33 bits per heavy atom. The van der Waals surface area contributed by atoms with E-state index in [1.807, 2.05) is 24.3 Å². The standard InChI is InChI=1S/C9H12O2S/c1-10-5-6-11-8-3-2-4-9(12)7-8/h2-4,7,12H,5-6H2,1H3. The molecule has 0 spiro atoms. The van der Waals surface area contributed by atoms with Crippen molar-refractivity contribution in [3.8, 4) is 5.75 Å². The van der Waals surface area contributed by atoms with Crippen LogP contribution in [-0.2, 0) is 4.74 Å². The van der Waals surface area contributed by atoms with Gasteiger partial charge in [0, 0.05) is 12.0 Å². The van der Waals surface area contributed by atoms with Gasteiger partial charge in [0.2, 0.25) is 0 Å². The molecule has 0 saturated heterocycles. The van der Waals surface area contributed by atoms with Crippen molar-refractivity contribution in [3.05, 3.63) is 24.3 Å². The largest absolute Gasteiger partial charge is 0.491 e. The maximum atomic E-state index is 5.35. The first kappa shape index (κ1) is 9.42. The summed E-state index contributed by atoms with van der Waals surface area (Å²) in [6.07, 6.45) is 0. The molecule has 0 atom stereocenters. The number of benzene rings is 1. The lowest BCUT2D eigenvalue weighted by Crippen LogP contribution is -2.03. The fourth-order valence-electron chi connectivity index (χ4n) is 0.816. The quantitative estimate of drug-likeness (QED) is 0.570. The lowest BCUT2D eigenvalue weighted by Gasteiger charge is -2.04. The first-order chi connectivity index (χ1) is 5.83. The highest BCUT2D eigenvalue weighted by atomic mass is 32.1. The van der Waals surface area contributed by atoms with Crippen molar-refractivity contribution in [1.82, 2.24) is 0 Å². The Hall–Kier alpha value is -0.670. The molecule has 1 rings (SSSR count). The van der Waals surface area contributed by atoms with Crippen LogP contribution in [0, 0.1) is 0 Å². The van der Waals surface area contributed by atoms with Crippen molar-refractivity contribution in [2.45, 2.75) is 4.90 Å². The zero-order valence-electron chi connectivity index (χ0n) is 6.99. The molecule has 1 aromatic rings. The molecule has 0 N–H and O–H groups in total. The molecule has 0 aromatic heterocycles. The van der Waals surface area contributed by atoms with Crippen LogP contribution in [-0.4, -0.2) is 20.3 Å². The van der Waals surface area contributed by atoms with E-state index in [0.717, 1.165) is 10.6 Å². The Balaban J connectivity index is 2.41. The van der Waals surface area contributed by atoms with E-state index >= 15 is 0 Å². The third kappa shape index (κ3) is 3.15. The van der Waals surface area contributed by atoms with Gasteiger partial charge in [-0.1, -0.05) is 6.07 Å². The predicted octanol–water partition coefficient (Wildman–Crippen LogP) is 2.00. The van der Waals surface area contributed by atoms with E-state index in [2.05, 4.69) is 12.6 Å². The first-order valence-corrected chi connectivity index (χ1v) is 4.18. The van der Waals surface area contributed by atoms with E-state index in [4.69, 9.17) is 9.47 Å². The maximum absolute atomic E-state index is 5.35. The molecule has 0 aliphatic rings. The smallest absolute Gasteiger partial charge is 0.120 e. The summed E-state index contributed by atoms with van der Waals surface area (Å²) in [5, 5.41) is 0. The van der Waals surface area contributed by atoms with Crippen LogP contribution in [0.4, 0.5) is 0 Å². The van der Waals surface area contributed by atoms with Crippen molar-refractivity contribution in [2.75, 3.05) is 20.3 Å². The average molecular weight is 184 g/mol. The summed E-state index contributed by atoms with van der Waals surface area (Å²) in [7, 11) is 1.65. The van der Waals surface area contributed by atoms with Crippen LogP contribution in [0.3, 0.4) is 0 Å². The topological polar surface area (TPSA) is 18.5 Å². The van der Waals surface area contributed by atoms with Crippen LogP contribution >= 0.6 is 12.6 Å². The van der Waals surface area contributed by atoms with Crippen LogP contribution < -0.4 is 4.74 Å². The number of ether oxygens (including phenoxy) is 2. The fourth-order valence-corrected chi connectivity index (χ4v) is 1.03. The Labute approximate surface area is 77.9 Å². The fraction of sp³-hybridized carbons (Fsp3) is 0.333. The first-order valence-electron chi connectivity index (χ1n) is 3.73. The molecule has 0 bridgehead atoms. The molecule has 0 aliphatic heterocycles. The SMILES string of the molecule is COCCOc1cccc(S)c1. The minimum Gasteiger partial charge on any atom is -0.491 e. The van der Waals surface area contributed by atoms with Crippen molar-refractivity contribution >= 4 is 12.6 Å². The van der Waals surface area contributed by atoms with Crippen molar-refractivity contribution < 1.29 is 9.47 Å². The second kappa shape index (κ2) is 5.06. The molecule has 0 radical (unpaired) electrons. The molecule has 3 heteroatoms. The Bertz CT molecular complexity index is 238. The molecule has 1 aromatic carbocycles. The molecule has 0 heterocycles. The van der Waals surface area contributed by atoms with E-state index in [9.17, 15) is 0 Å². The van der Waals surface area contributed by atoms with Gasteiger partial charge in [-0.2, -0.15) is 0 Å². The Morgan fingerprint density at radius 3 is 2.83 bits per heavy atom. The molecule has 66 valence electrons. The highest BCUT2D eigenvalue weighted by Crippen LogP contribution is 2.15. The summed E-state index contributed by atoms with van der Waals surface area (Å²) >= 11 is 4.19. The van der Waals surface area contributed by atoms with Gasteiger partial charge in [0.1, 0.15) is 12.4 Å². The monoisotopic (exact) mass is 184 g/mol. The molecule has 0 saturated carbocycles. The van der Waals surface area contributed by atoms with Crippen LogP contribution in [0.15, 0.2) is 29.2 Å². The summed E-state index contributed by atoms with van der Waals surface area (Å²) in [6, 6.07) is 7.59. The highest BCUT2D eigenvalue weighted by molar-refractivity contribution is 7.80. The third-order valence-electron chi connectivity index (χ3n) is 1.37. The molecular formula is C9H12O2S. The lowest BCUT2D eigenvalue weighted by atomic mass is 10.3. The van der Waals surface area contributed by atoms with Crippen molar-refractivity contribution in [2.24, 2.45) is 0 Å². The van der Waals surface area contributed by atoms with Crippen LogP contribution in [0.2, 0.25) is 0 Å². The maximum Gasteiger partial charge on any atom is 0.120 e. The molecule has 0 amide bonds. The molecule has 0 fully saturated rings. The molecular weight excluding hydrogens is 172 g/mol. The van der Waals surface area contributed by atoms with Crippen molar-refractivity contribution in [1.29, 1.82) is 0 Å². The average Bonchev–Trinajstić information content (AvgIpc) is 2.05. The summed E-state index contributed by atoms with van der Waals surface area (Å²) in [5.41, 5.74) is 0. The number of hydrogen-bond donors (Lipinski definition) is 1. The van der Waals surface area contributed by atoms with E-state index in [0.29, 0.717) is 13.2 Å². The van der Waals surface area contributed by atoms with Gasteiger partial charge in [-0.05, 0) is 18.2 Å². The van der Waals surface area contributed by atoms with Gasteiger partial charge in [0.15, 0.2) is 0 Å². The number of rotatable bonds is 4. The molecule has 0 unspecified atom stereocenters. The summed E-state index contributed by atoms with van der Waals surface area (Å²) in [6.45, 7) is 1.19. The normalized spacial score (nSPS) is 9.83. The minimum absolute atomic E-state index is 0.577. The molecule has 0 aliphatic carbocycles. The Kier molecular flexibility index (Phi) is 3.97. The van der Waals surface area contributed by atoms with Crippen LogP contribution in [0.5, 0.6) is 5.75 Å². The van der Waals surface area contributed by atoms with E-state index < -0.39 is 0 Å². The van der Waals surface area contributed by atoms with E-state index in [1.54, 1.807) is 7.11 Å². The van der Waals surface area contributed by atoms with Crippen molar-refractivity contribution in [3.63, 3.8) is 0 Å². The second-order valence-corrected chi connectivity index (χ2v) is 2.86. The molecule has 12 heavy (non-hydrogen) atoms. The van der Waals surface area contributed by atoms with Gasteiger partial charge < -0.3 is 9.47 Å². The number of methoxy groups -OCH3 is 1. The predicted molar refractivity (Wildman–Crippen MR) is 51.1 cm³/mol.